The second-order valence-corrected chi connectivity index (χ2v) is 4.66. The van der Waals surface area contributed by atoms with Crippen molar-refractivity contribution in [2.45, 2.75) is 44.8 Å². The molecule has 0 bridgehead atoms. The van der Waals surface area contributed by atoms with E-state index < -0.39 is 0 Å². The minimum absolute atomic E-state index is 0.381. The lowest BCUT2D eigenvalue weighted by molar-refractivity contribution is 0.0945. The number of nitrogens with one attached hydrogen (secondary N) is 1. The quantitative estimate of drug-likeness (QED) is 0.821. The van der Waals surface area contributed by atoms with Gasteiger partial charge in [0.2, 0.25) is 0 Å². The zero-order valence-corrected chi connectivity index (χ0v) is 10.6. The van der Waals surface area contributed by atoms with Crippen LogP contribution in [0.25, 0.3) is 0 Å². The summed E-state index contributed by atoms with van der Waals surface area (Å²) in [4.78, 5) is 4.21. The van der Waals surface area contributed by atoms with Crippen molar-refractivity contribution in [3.8, 4) is 0 Å². The van der Waals surface area contributed by atoms with Crippen molar-refractivity contribution < 1.29 is 4.74 Å². The number of rotatable bonds is 6. The van der Waals surface area contributed by atoms with Crippen LogP contribution in [-0.2, 0) is 4.74 Å². The Labute approximate surface area is 104 Å². The molecule has 0 aliphatic carbocycles. The predicted octanol–water partition coefficient (Wildman–Crippen LogP) is 2.69. The molecule has 1 aromatic heterocycles. The normalized spacial score (nSPS) is 21.6. The summed E-state index contributed by atoms with van der Waals surface area (Å²) in [6, 6.07) is 4.53. The standard InChI is InChI=1S/C14H22N2O/c1-2-7-16-14(10-13-6-4-9-17-13)12-5-3-8-15-11-12/h3,5,8,11,13-14,16H,2,4,6-7,9-10H2,1H3. The summed E-state index contributed by atoms with van der Waals surface area (Å²) in [6.07, 6.45) is 8.83. The molecule has 1 saturated heterocycles. The highest BCUT2D eigenvalue weighted by atomic mass is 16.5. The molecule has 0 amide bonds. The maximum Gasteiger partial charge on any atom is 0.0594 e. The number of nitrogens with zero attached hydrogens (tertiary/aromatic N) is 1. The molecule has 3 nitrogen and oxygen atoms in total. The Morgan fingerprint density at radius 3 is 3.18 bits per heavy atom. The van der Waals surface area contributed by atoms with Crippen molar-refractivity contribution in [1.82, 2.24) is 10.3 Å². The van der Waals surface area contributed by atoms with Crippen LogP contribution in [0.3, 0.4) is 0 Å². The van der Waals surface area contributed by atoms with Crippen molar-refractivity contribution in [3.05, 3.63) is 30.1 Å². The Morgan fingerprint density at radius 2 is 2.53 bits per heavy atom. The third kappa shape index (κ3) is 3.79. The molecule has 1 aliphatic rings. The molecule has 0 saturated carbocycles. The van der Waals surface area contributed by atoms with E-state index in [4.69, 9.17) is 4.74 Å². The summed E-state index contributed by atoms with van der Waals surface area (Å²) in [5, 5.41) is 3.59. The van der Waals surface area contributed by atoms with Crippen LogP contribution in [0.15, 0.2) is 24.5 Å². The van der Waals surface area contributed by atoms with Gasteiger partial charge in [-0.05, 0) is 43.9 Å². The monoisotopic (exact) mass is 234 g/mol. The first kappa shape index (κ1) is 12.5. The van der Waals surface area contributed by atoms with Gasteiger partial charge in [0.05, 0.1) is 6.10 Å². The molecule has 3 heteroatoms. The van der Waals surface area contributed by atoms with Gasteiger partial charge in [0, 0.05) is 25.0 Å². The van der Waals surface area contributed by atoms with E-state index in [1.165, 1.54) is 18.4 Å². The Balaban J connectivity index is 1.97. The molecule has 2 rings (SSSR count). The summed E-state index contributed by atoms with van der Waals surface area (Å²) >= 11 is 0. The SMILES string of the molecule is CCCNC(CC1CCCO1)c1cccnc1. The molecule has 94 valence electrons. The second kappa shape index (κ2) is 6.72. The molecule has 1 N–H and O–H groups in total. The molecule has 1 aromatic rings. The van der Waals surface area contributed by atoms with Crippen molar-refractivity contribution in [2.75, 3.05) is 13.2 Å². The molecule has 1 fully saturated rings. The van der Waals surface area contributed by atoms with E-state index in [-0.39, 0.29) is 0 Å². The lowest BCUT2D eigenvalue weighted by Gasteiger charge is -2.21. The van der Waals surface area contributed by atoms with Gasteiger partial charge in [0.25, 0.3) is 0 Å². The maximum absolute atomic E-state index is 5.72. The highest BCUT2D eigenvalue weighted by Gasteiger charge is 2.21. The van der Waals surface area contributed by atoms with Crippen LogP contribution in [0.2, 0.25) is 0 Å². The van der Waals surface area contributed by atoms with Crippen LogP contribution in [0.4, 0.5) is 0 Å². The molecule has 17 heavy (non-hydrogen) atoms. The molecule has 0 aromatic carbocycles. The van der Waals surface area contributed by atoms with Gasteiger partial charge >= 0.3 is 0 Å². The minimum atomic E-state index is 0.381. The van der Waals surface area contributed by atoms with Crippen LogP contribution >= 0.6 is 0 Å². The molecule has 2 heterocycles. The van der Waals surface area contributed by atoms with Crippen molar-refractivity contribution in [3.63, 3.8) is 0 Å². The van der Waals surface area contributed by atoms with Crippen molar-refractivity contribution >= 4 is 0 Å². The first-order chi connectivity index (χ1) is 8.40. The van der Waals surface area contributed by atoms with Crippen molar-refractivity contribution in [1.29, 1.82) is 0 Å². The fraction of sp³-hybridized carbons (Fsp3) is 0.643. The summed E-state index contributed by atoms with van der Waals surface area (Å²) in [5.41, 5.74) is 1.27. The van der Waals surface area contributed by atoms with Crippen LogP contribution < -0.4 is 5.32 Å². The lowest BCUT2D eigenvalue weighted by Crippen LogP contribution is -2.26. The first-order valence-electron chi connectivity index (χ1n) is 6.65. The van der Waals surface area contributed by atoms with E-state index in [2.05, 4.69) is 23.3 Å². The Morgan fingerprint density at radius 1 is 1.59 bits per heavy atom. The number of pyridine rings is 1. The van der Waals surface area contributed by atoms with Gasteiger partial charge in [-0.3, -0.25) is 4.98 Å². The van der Waals surface area contributed by atoms with Gasteiger partial charge in [-0.25, -0.2) is 0 Å². The fourth-order valence-corrected chi connectivity index (χ4v) is 2.33. The summed E-state index contributed by atoms with van der Waals surface area (Å²) < 4.78 is 5.72. The van der Waals surface area contributed by atoms with Crippen molar-refractivity contribution in [2.24, 2.45) is 0 Å². The number of ether oxygens (including phenoxy) is 1. The lowest BCUT2D eigenvalue weighted by atomic mass is 10.0. The van der Waals surface area contributed by atoms with Gasteiger partial charge < -0.3 is 10.1 Å². The average Bonchev–Trinajstić information content (AvgIpc) is 2.88. The van der Waals surface area contributed by atoms with Crippen LogP contribution in [0.1, 0.15) is 44.2 Å². The van der Waals surface area contributed by atoms with Gasteiger partial charge in [-0.15, -0.1) is 0 Å². The molecule has 0 radical (unpaired) electrons. The van der Waals surface area contributed by atoms with E-state index in [0.29, 0.717) is 12.1 Å². The highest BCUT2D eigenvalue weighted by molar-refractivity contribution is 5.14. The summed E-state index contributed by atoms with van der Waals surface area (Å²) in [7, 11) is 0. The predicted molar refractivity (Wildman–Crippen MR) is 68.9 cm³/mol. The molecule has 0 spiro atoms. The van der Waals surface area contributed by atoms with Gasteiger partial charge in [-0.2, -0.15) is 0 Å². The second-order valence-electron chi connectivity index (χ2n) is 4.66. The van der Waals surface area contributed by atoms with E-state index in [9.17, 15) is 0 Å². The van der Waals surface area contributed by atoms with E-state index in [0.717, 1.165) is 26.0 Å². The topological polar surface area (TPSA) is 34.1 Å². The maximum atomic E-state index is 5.72. The summed E-state index contributed by atoms with van der Waals surface area (Å²) in [6.45, 7) is 4.17. The van der Waals surface area contributed by atoms with E-state index in [1.807, 2.05) is 18.5 Å². The highest BCUT2D eigenvalue weighted by Crippen LogP contribution is 2.24. The fourth-order valence-electron chi connectivity index (χ4n) is 2.33. The van der Waals surface area contributed by atoms with Crippen LogP contribution in [0.5, 0.6) is 0 Å². The number of hydrogen-bond acceptors (Lipinski definition) is 3. The average molecular weight is 234 g/mol. The number of hydrogen-bond donors (Lipinski definition) is 1. The minimum Gasteiger partial charge on any atom is -0.378 e. The molecule has 2 unspecified atom stereocenters. The number of aromatic nitrogens is 1. The smallest absolute Gasteiger partial charge is 0.0594 e. The third-order valence-electron chi connectivity index (χ3n) is 3.25. The molecule has 2 atom stereocenters. The van der Waals surface area contributed by atoms with Crippen LogP contribution in [-0.4, -0.2) is 24.2 Å². The molecule has 1 aliphatic heterocycles. The zero-order valence-electron chi connectivity index (χ0n) is 10.6. The van der Waals surface area contributed by atoms with Gasteiger partial charge in [-0.1, -0.05) is 13.0 Å². The van der Waals surface area contributed by atoms with Gasteiger partial charge in [0.15, 0.2) is 0 Å². The third-order valence-corrected chi connectivity index (χ3v) is 3.25. The van der Waals surface area contributed by atoms with E-state index >= 15 is 0 Å². The largest absolute Gasteiger partial charge is 0.378 e. The molecular formula is C14H22N2O. The zero-order chi connectivity index (χ0) is 11.9. The van der Waals surface area contributed by atoms with Gasteiger partial charge in [0.1, 0.15) is 0 Å². The van der Waals surface area contributed by atoms with E-state index in [1.54, 1.807) is 0 Å². The molecular weight excluding hydrogens is 212 g/mol. The first-order valence-corrected chi connectivity index (χ1v) is 6.65. The Hall–Kier alpha value is -0.930. The Bertz CT molecular complexity index is 309. The summed E-state index contributed by atoms with van der Waals surface area (Å²) in [5.74, 6) is 0. The van der Waals surface area contributed by atoms with Crippen LogP contribution in [0, 0.1) is 0 Å². The Kier molecular flexibility index (Phi) is 4.95.